The van der Waals surface area contributed by atoms with Crippen LogP contribution in [0.3, 0.4) is 0 Å². The fourth-order valence-electron chi connectivity index (χ4n) is 1.48. The number of H-pyrrole nitrogens is 1. The van der Waals surface area contributed by atoms with Crippen LogP contribution in [-0.2, 0) is 10.0 Å². The topological polar surface area (TPSA) is 84.1 Å². The summed E-state index contributed by atoms with van der Waals surface area (Å²) in [7, 11) is -3.94. The fraction of sp³-hybridized carbons (Fsp3) is 0.182. The Morgan fingerprint density at radius 1 is 1.35 bits per heavy atom. The molecule has 6 nitrogen and oxygen atoms in total. The van der Waals surface area contributed by atoms with E-state index in [-0.39, 0.29) is 16.5 Å². The van der Waals surface area contributed by atoms with E-state index in [0.717, 1.165) is 6.20 Å². The minimum absolute atomic E-state index is 0.0833. The third-order valence-electron chi connectivity index (χ3n) is 2.32. The van der Waals surface area contributed by atoms with Crippen LogP contribution in [0.25, 0.3) is 0 Å². The first-order chi connectivity index (χ1) is 9.38. The number of aromatic amines is 1. The van der Waals surface area contributed by atoms with Crippen LogP contribution < -0.4 is 9.46 Å². The van der Waals surface area contributed by atoms with Gasteiger partial charge in [-0.05, 0) is 19.1 Å². The van der Waals surface area contributed by atoms with Crippen molar-refractivity contribution in [1.29, 1.82) is 0 Å². The van der Waals surface area contributed by atoms with E-state index in [2.05, 4.69) is 19.4 Å². The first-order valence-electron chi connectivity index (χ1n) is 5.47. The molecular formula is C11H11F2N3O3S. The van der Waals surface area contributed by atoms with Gasteiger partial charge >= 0.3 is 6.61 Å². The lowest BCUT2D eigenvalue weighted by Gasteiger charge is -2.11. The molecule has 0 spiro atoms. The number of imidazole rings is 1. The molecule has 0 fully saturated rings. The molecule has 1 heterocycles. The summed E-state index contributed by atoms with van der Waals surface area (Å²) in [6.45, 7) is -1.46. The molecule has 20 heavy (non-hydrogen) atoms. The quantitative estimate of drug-likeness (QED) is 0.886. The number of sulfonamides is 1. The first kappa shape index (κ1) is 14.3. The maximum Gasteiger partial charge on any atom is 0.387 e. The molecule has 2 N–H and O–H groups in total. The van der Waals surface area contributed by atoms with Crippen LogP contribution in [0.1, 0.15) is 5.82 Å². The van der Waals surface area contributed by atoms with Crippen molar-refractivity contribution in [2.24, 2.45) is 0 Å². The zero-order valence-electron chi connectivity index (χ0n) is 10.3. The second-order valence-electron chi connectivity index (χ2n) is 3.81. The van der Waals surface area contributed by atoms with Gasteiger partial charge in [-0.15, -0.1) is 0 Å². The van der Waals surface area contributed by atoms with E-state index in [0.29, 0.717) is 5.82 Å². The number of hydrogen-bond acceptors (Lipinski definition) is 4. The van der Waals surface area contributed by atoms with Gasteiger partial charge in [0, 0.05) is 0 Å². The Labute approximate surface area is 113 Å². The average Bonchev–Trinajstić information content (AvgIpc) is 2.78. The maximum absolute atomic E-state index is 12.2. The van der Waals surface area contributed by atoms with E-state index in [1.807, 2.05) is 0 Å². The third kappa shape index (κ3) is 3.23. The Bertz CT molecular complexity index is 700. The largest absolute Gasteiger partial charge is 0.433 e. The van der Waals surface area contributed by atoms with Crippen LogP contribution in [0.2, 0.25) is 0 Å². The minimum atomic E-state index is -3.94. The SMILES string of the molecule is Cc1ncc(S(=O)(=O)Nc2ccccc2OC(F)F)[nH]1. The van der Waals surface area contributed by atoms with Gasteiger partial charge in [-0.3, -0.25) is 4.72 Å². The number of halogens is 2. The molecule has 0 saturated carbocycles. The standard InChI is InChI=1S/C11H11F2N3O3S/c1-7-14-6-10(15-7)20(17,18)16-8-4-2-3-5-9(8)19-11(12)13/h2-6,11,16H,1H3,(H,14,15). The highest BCUT2D eigenvalue weighted by Gasteiger charge is 2.19. The lowest BCUT2D eigenvalue weighted by molar-refractivity contribution is -0.0493. The molecule has 108 valence electrons. The molecule has 2 rings (SSSR count). The molecule has 0 aliphatic rings. The number of alkyl halides is 2. The highest BCUT2D eigenvalue weighted by atomic mass is 32.2. The lowest BCUT2D eigenvalue weighted by atomic mass is 10.3. The molecule has 1 aromatic heterocycles. The Balaban J connectivity index is 2.30. The van der Waals surface area contributed by atoms with Gasteiger partial charge in [0.1, 0.15) is 11.6 Å². The van der Waals surface area contributed by atoms with Gasteiger partial charge in [0.05, 0.1) is 11.9 Å². The third-order valence-corrected chi connectivity index (χ3v) is 3.59. The van der Waals surface area contributed by atoms with Crippen LogP contribution in [-0.4, -0.2) is 25.0 Å². The molecule has 9 heteroatoms. The van der Waals surface area contributed by atoms with Crippen molar-refractivity contribution >= 4 is 15.7 Å². The predicted molar refractivity (Wildman–Crippen MR) is 67.2 cm³/mol. The van der Waals surface area contributed by atoms with Crippen LogP contribution in [0.5, 0.6) is 5.75 Å². The Hall–Kier alpha value is -2.16. The van der Waals surface area contributed by atoms with Gasteiger partial charge in [0.25, 0.3) is 10.0 Å². The number of nitrogens with one attached hydrogen (secondary N) is 2. The summed E-state index contributed by atoms with van der Waals surface area (Å²) < 4.78 is 55.0. The molecule has 0 saturated heterocycles. The zero-order chi connectivity index (χ0) is 14.8. The predicted octanol–water partition coefficient (Wildman–Crippen LogP) is 2.12. The summed E-state index contributed by atoms with van der Waals surface area (Å²) in [6, 6.07) is 5.50. The second-order valence-corrected chi connectivity index (χ2v) is 5.46. The monoisotopic (exact) mass is 303 g/mol. The number of para-hydroxylation sites is 2. The van der Waals surface area contributed by atoms with Gasteiger partial charge in [-0.25, -0.2) is 4.98 Å². The maximum atomic E-state index is 12.2. The van der Waals surface area contributed by atoms with Crippen LogP contribution in [0.15, 0.2) is 35.5 Å². The molecule has 0 unspecified atom stereocenters. The summed E-state index contributed by atoms with van der Waals surface area (Å²) in [5.41, 5.74) is -0.0833. The van der Waals surface area contributed by atoms with Crippen molar-refractivity contribution in [2.45, 2.75) is 18.6 Å². The van der Waals surface area contributed by atoms with Gasteiger partial charge < -0.3 is 9.72 Å². The second kappa shape index (κ2) is 5.45. The van der Waals surface area contributed by atoms with Crippen molar-refractivity contribution in [2.75, 3.05) is 4.72 Å². The summed E-state index contributed by atoms with van der Waals surface area (Å²) in [4.78, 5) is 6.32. The summed E-state index contributed by atoms with van der Waals surface area (Å²) >= 11 is 0. The molecule has 0 aliphatic heterocycles. The Morgan fingerprint density at radius 2 is 2.05 bits per heavy atom. The minimum Gasteiger partial charge on any atom is -0.433 e. The summed E-state index contributed by atoms with van der Waals surface area (Å²) in [5.74, 6) is 0.157. The van der Waals surface area contributed by atoms with Gasteiger partial charge in [0.2, 0.25) is 0 Å². The van der Waals surface area contributed by atoms with Crippen LogP contribution >= 0.6 is 0 Å². The molecule has 0 atom stereocenters. The number of benzene rings is 1. The molecule has 0 radical (unpaired) electrons. The summed E-state index contributed by atoms with van der Waals surface area (Å²) in [5, 5.41) is -0.165. The highest BCUT2D eigenvalue weighted by molar-refractivity contribution is 7.92. The normalized spacial score (nSPS) is 11.6. The number of hydrogen-bond donors (Lipinski definition) is 2. The van der Waals surface area contributed by atoms with Crippen molar-refractivity contribution in [3.63, 3.8) is 0 Å². The van der Waals surface area contributed by atoms with E-state index in [9.17, 15) is 17.2 Å². The molecule has 1 aromatic carbocycles. The van der Waals surface area contributed by atoms with Crippen LogP contribution in [0, 0.1) is 6.92 Å². The van der Waals surface area contributed by atoms with E-state index >= 15 is 0 Å². The number of rotatable bonds is 5. The van der Waals surface area contributed by atoms with Crippen LogP contribution in [0.4, 0.5) is 14.5 Å². The average molecular weight is 303 g/mol. The van der Waals surface area contributed by atoms with Crippen molar-refractivity contribution in [3.05, 3.63) is 36.3 Å². The lowest BCUT2D eigenvalue weighted by Crippen LogP contribution is -2.15. The van der Waals surface area contributed by atoms with E-state index in [4.69, 9.17) is 0 Å². The number of aryl methyl sites for hydroxylation is 1. The van der Waals surface area contributed by atoms with Crippen molar-refractivity contribution < 1.29 is 21.9 Å². The van der Waals surface area contributed by atoms with E-state index in [1.54, 1.807) is 6.92 Å². The number of ether oxygens (including phenoxy) is 1. The first-order valence-corrected chi connectivity index (χ1v) is 6.95. The molecule has 0 aliphatic carbocycles. The Kier molecular flexibility index (Phi) is 3.89. The fourth-order valence-corrected chi connectivity index (χ4v) is 2.53. The number of aromatic nitrogens is 2. The number of anilines is 1. The summed E-state index contributed by atoms with van der Waals surface area (Å²) in [6.07, 6.45) is 1.13. The Morgan fingerprint density at radius 3 is 2.65 bits per heavy atom. The van der Waals surface area contributed by atoms with E-state index in [1.165, 1.54) is 24.3 Å². The van der Waals surface area contributed by atoms with Crippen molar-refractivity contribution in [3.8, 4) is 5.75 Å². The molecule has 2 aromatic rings. The molecular weight excluding hydrogens is 292 g/mol. The number of nitrogens with zero attached hydrogens (tertiary/aromatic N) is 1. The van der Waals surface area contributed by atoms with Gasteiger partial charge in [-0.2, -0.15) is 17.2 Å². The molecule has 0 bridgehead atoms. The van der Waals surface area contributed by atoms with Crippen molar-refractivity contribution in [1.82, 2.24) is 9.97 Å². The van der Waals surface area contributed by atoms with Gasteiger partial charge in [-0.1, -0.05) is 12.1 Å². The van der Waals surface area contributed by atoms with E-state index < -0.39 is 16.6 Å². The highest BCUT2D eigenvalue weighted by Crippen LogP contribution is 2.27. The molecule has 0 amide bonds. The van der Waals surface area contributed by atoms with Gasteiger partial charge in [0.15, 0.2) is 5.03 Å². The smallest absolute Gasteiger partial charge is 0.387 e. The zero-order valence-corrected chi connectivity index (χ0v) is 11.1.